The molecule has 0 bridgehead atoms. The SMILES string of the molecule is Cc1nonc1NC(=O)CN1CCC([C@@]2(C)CCCCN(Cc3ccccc3)C2=O)CC1. The van der Waals surface area contributed by atoms with Crippen molar-refractivity contribution in [1.29, 1.82) is 0 Å². The number of benzene rings is 1. The van der Waals surface area contributed by atoms with Crippen LogP contribution in [0.4, 0.5) is 5.82 Å². The lowest BCUT2D eigenvalue weighted by molar-refractivity contribution is -0.146. The number of hydrogen-bond donors (Lipinski definition) is 1. The summed E-state index contributed by atoms with van der Waals surface area (Å²) >= 11 is 0. The highest BCUT2D eigenvalue weighted by Crippen LogP contribution is 2.43. The smallest absolute Gasteiger partial charge is 0.239 e. The van der Waals surface area contributed by atoms with Crippen molar-refractivity contribution < 1.29 is 14.2 Å². The number of aromatic nitrogens is 2. The molecular weight excluding hydrogens is 406 g/mol. The van der Waals surface area contributed by atoms with Gasteiger partial charge in [0.1, 0.15) is 5.69 Å². The van der Waals surface area contributed by atoms with Crippen LogP contribution < -0.4 is 5.32 Å². The van der Waals surface area contributed by atoms with Crippen LogP contribution in [0.5, 0.6) is 0 Å². The molecule has 172 valence electrons. The molecule has 1 N–H and O–H groups in total. The molecule has 32 heavy (non-hydrogen) atoms. The molecule has 0 saturated carbocycles. The Kier molecular flexibility index (Phi) is 6.89. The number of rotatable bonds is 6. The minimum Gasteiger partial charge on any atom is -0.338 e. The number of anilines is 1. The summed E-state index contributed by atoms with van der Waals surface area (Å²) in [5.41, 5.74) is 1.42. The van der Waals surface area contributed by atoms with Gasteiger partial charge in [-0.1, -0.05) is 48.8 Å². The summed E-state index contributed by atoms with van der Waals surface area (Å²) < 4.78 is 4.63. The minimum absolute atomic E-state index is 0.118. The van der Waals surface area contributed by atoms with E-state index in [1.807, 2.05) is 18.2 Å². The van der Waals surface area contributed by atoms with Gasteiger partial charge < -0.3 is 10.2 Å². The van der Waals surface area contributed by atoms with Crippen LogP contribution >= 0.6 is 0 Å². The summed E-state index contributed by atoms with van der Waals surface area (Å²) in [6, 6.07) is 10.3. The van der Waals surface area contributed by atoms with Crippen molar-refractivity contribution in [2.45, 2.75) is 52.5 Å². The van der Waals surface area contributed by atoms with Gasteiger partial charge in [0.05, 0.1) is 6.54 Å². The van der Waals surface area contributed by atoms with Crippen molar-refractivity contribution in [2.24, 2.45) is 11.3 Å². The van der Waals surface area contributed by atoms with Gasteiger partial charge in [-0.2, -0.15) is 0 Å². The van der Waals surface area contributed by atoms with Crippen molar-refractivity contribution >= 4 is 17.6 Å². The molecule has 2 aromatic rings. The maximum Gasteiger partial charge on any atom is 0.239 e. The van der Waals surface area contributed by atoms with E-state index in [1.165, 1.54) is 5.56 Å². The molecule has 2 aliphatic rings. The molecule has 0 unspecified atom stereocenters. The van der Waals surface area contributed by atoms with Gasteiger partial charge >= 0.3 is 0 Å². The van der Waals surface area contributed by atoms with Crippen LogP contribution in [0.1, 0.15) is 50.3 Å². The van der Waals surface area contributed by atoms with Crippen molar-refractivity contribution in [2.75, 3.05) is 31.5 Å². The molecule has 8 heteroatoms. The molecule has 2 amide bonds. The lowest BCUT2D eigenvalue weighted by Gasteiger charge is -2.42. The van der Waals surface area contributed by atoms with Crippen LogP contribution in [0, 0.1) is 18.3 Å². The number of nitrogens with zero attached hydrogens (tertiary/aromatic N) is 4. The second-order valence-corrected chi connectivity index (χ2v) is 9.38. The van der Waals surface area contributed by atoms with E-state index in [1.54, 1.807) is 6.92 Å². The first-order valence-electron chi connectivity index (χ1n) is 11.6. The number of carbonyl (C=O) groups excluding carboxylic acids is 2. The Morgan fingerprint density at radius 3 is 2.59 bits per heavy atom. The van der Waals surface area contributed by atoms with Crippen molar-refractivity contribution in [1.82, 2.24) is 20.1 Å². The summed E-state index contributed by atoms with van der Waals surface area (Å²) in [6.45, 7) is 7.37. The predicted octanol–water partition coefficient (Wildman–Crippen LogP) is 3.25. The molecule has 1 aromatic heterocycles. The van der Waals surface area contributed by atoms with Crippen molar-refractivity contribution in [3.8, 4) is 0 Å². The Morgan fingerprint density at radius 1 is 1.16 bits per heavy atom. The summed E-state index contributed by atoms with van der Waals surface area (Å²) in [5, 5.41) is 10.1. The monoisotopic (exact) mass is 439 g/mol. The highest BCUT2D eigenvalue weighted by atomic mass is 16.6. The van der Waals surface area contributed by atoms with Gasteiger partial charge in [-0.15, -0.1) is 0 Å². The van der Waals surface area contributed by atoms with Crippen LogP contribution in [-0.2, 0) is 16.1 Å². The Hall–Kier alpha value is -2.74. The molecule has 1 atom stereocenters. The van der Waals surface area contributed by atoms with Crippen LogP contribution in [0.25, 0.3) is 0 Å². The molecule has 2 aliphatic heterocycles. The molecule has 2 fully saturated rings. The van der Waals surface area contributed by atoms with Crippen molar-refractivity contribution in [3.05, 3.63) is 41.6 Å². The fourth-order valence-electron chi connectivity index (χ4n) is 5.15. The largest absolute Gasteiger partial charge is 0.338 e. The van der Waals surface area contributed by atoms with E-state index in [9.17, 15) is 9.59 Å². The first-order valence-corrected chi connectivity index (χ1v) is 11.6. The van der Waals surface area contributed by atoms with E-state index in [2.05, 4.69) is 49.1 Å². The van der Waals surface area contributed by atoms with Crippen LogP contribution in [0.3, 0.4) is 0 Å². The van der Waals surface area contributed by atoms with Gasteiger partial charge in [-0.25, -0.2) is 4.63 Å². The predicted molar refractivity (Wildman–Crippen MR) is 121 cm³/mol. The Labute approximate surface area is 189 Å². The fraction of sp³-hybridized carbons (Fsp3) is 0.583. The van der Waals surface area contributed by atoms with Gasteiger partial charge in [-0.05, 0) is 62.3 Å². The molecule has 2 saturated heterocycles. The quantitative estimate of drug-likeness (QED) is 0.743. The van der Waals surface area contributed by atoms with Gasteiger partial charge in [0.2, 0.25) is 11.8 Å². The van der Waals surface area contributed by atoms with Crippen LogP contribution in [0.15, 0.2) is 35.0 Å². The number of amides is 2. The molecule has 0 radical (unpaired) electrons. The van der Waals surface area contributed by atoms with Crippen LogP contribution in [-0.4, -0.2) is 58.1 Å². The summed E-state index contributed by atoms with van der Waals surface area (Å²) in [6.07, 6.45) is 4.95. The molecule has 4 rings (SSSR count). The first kappa shape index (κ1) is 22.5. The highest BCUT2D eigenvalue weighted by molar-refractivity contribution is 5.91. The zero-order chi connectivity index (χ0) is 22.6. The summed E-state index contributed by atoms with van der Waals surface area (Å²) in [5.74, 6) is 0.893. The van der Waals surface area contributed by atoms with Gasteiger partial charge in [-0.3, -0.25) is 14.5 Å². The molecule has 3 heterocycles. The maximum atomic E-state index is 13.7. The fourth-order valence-corrected chi connectivity index (χ4v) is 5.15. The third-order valence-corrected chi connectivity index (χ3v) is 7.13. The summed E-state index contributed by atoms with van der Waals surface area (Å²) in [4.78, 5) is 30.3. The maximum absolute atomic E-state index is 13.7. The normalized spacial score (nSPS) is 23.2. The summed E-state index contributed by atoms with van der Waals surface area (Å²) in [7, 11) is 0. The third-order valence-electron chi connectivity index (χ3n) is 7.13. The number of nitrogens with one attached hydrogen (secondary N) is 1. The van der Waals surface area contributed by atoms with E-state index in [0.717, 1.165) is 51.7 Å². The molecule has 0 spiro atoms. The Morgan fingerprint density at radius 2 is 1.91 bits per heavy atom. The second kappa shape index (κ2) is 9.81. The number of aryl methyl sites for hydroxylation is 1. The average Bonchev–Trinajstić information content (AvgIpc) is 3.14. The highest BCUT2D eigenvalue weighted by Gasteiger charge is 2.45. The van der Waals surface area contributed by atoms with Crippen LogP contribution in [0.2, 0.25) is 0 Å². The van der Waals surface area contributed by atoms with E-state index in [-0.39, 0.29) is 11.3 Å². The van der Waals surface area contributed by atoms with E-state index in [4.69, 9.17) is 0 Å². The molecule has 1 aromatic carbocycles. The third kappa shape index (κ3) is 5.01. The first-order chi connectivity index (χ1) is 15.5. The van der Waals surface area contributed by atoms with Crippen molar-refractivity contribution in [3.63, 3.8) is 0 Å². The average molecular weight is 440 g/mol. The zero-order valence-corrected chi connectivity index (χ0v) is 19.0. The lowest BCUT2D eigenvalue weighted by atomic mass is 9.69. The number of piperidine rings is 1. The molecule has 0 aliphatic carbocycles. The van der Waals surface area contributed by atoms with Gasteiger partial charge in [0.25, 0.3) is 0 Å². The van der Waals surface area contributed by atoms with E-state index in [0.29, 0.717) is 36.4 Å². The topological polar surface area (TPSA) is 91.6 Å². The minimum atomic E-state index is -0.330. The van der Waals surface area contributed by atoms with E-state index < -0.39 is 0 Å². The van der Waals surface area contributed by atoms with Gasteiger partial charge in [0.15, 0.2) is 5.82 Å². The molecule has 8 nitrogen and oxygen atoms in total. The number of hydrogen-bond acceptors (Lipinski definition) is 6. The lowest BCUT2D eigenvalue weighted by Crippen LogP contribution is -2.49. The van der Waals surface area contributed by atoms with E-state index >= 15 is 0 Å². The second-order valence-electron chi connectivity index (χ2n) is 9.38. The van der Waals surface area contributed by atoms with Gasteiger partial charge in [0, 0.05) is 18.5 Å². The Bertz CT molecular complexity index is 923. The zero-order valence-electron chi connectivity index (χ0n) is 19.0. The Balaban J connectivity index is 1.34. The number of likely N-dealkylation sites (tertiary alicyclic amines) is 2. The molecular formula is C24H33N5O3. The number of carbonyl (C=O) groups is 2. The standard InChI is InChI=1S/C24H33N5O3/c1-18-22(27-32-26-18)25-21(30)17-28-14-10-20(11-15-28)24(2)12-6-7-13-29(23(24)31)16-19-8-4-3-5-9-19/h3-5,8-9,20H,6-7,10-17H2,1-2H3,(H,25,27,30)/t24-/m1/s1.